The van der Waals surface area contributed by atoms with Gasteiger partial charge in [0.1, 0.15) is 0 Å². The summed E-state index contributed by atoms with van der Waals surface area (Å²) in [6.07, 6.45) is 0. The molecule has 3 rings (SSSR count). The summed E-state index contributed by atoms with van der Waals surface area (Å²) in [6, 6.07) is 19.4. The fourth-order valence-electron chi connectivity index (χ4n) is 3.23. The second kappa shape index (κ2) is 10.3. The third-order valence-corrected chi connectivity index (χ3v) is 4.98. The third kappa shape index (κ3) is 5.18. The highest BCUT2D eigenvalue weighted by atomic mass is 16.5. The van der Waals surface area contributed by atoms with Gasteiger partial charge < -0.3 is 24.8 Å². The Bertz CT molecular complexity index is 1060. The smallest absolute Gasteiger partial charge is 0.255 e. The molecule has 0 aliphatic rings. The summed E-state index contributed by atoms with van der Waals surface area (Å²) in [5.74, 6) is 0.641. The lowest BCUT2D eigenvalue weighted by atomic mass is 10.1. The van der Waals surface area contributed by atoms with Crippen molar-refractivity contribution >= 4 is 17.5 Å². The second-order valence-corrected chi connectivity index (χ2v) is 7.05. The van der Waals surface area contributed by atoms with Crippen molar-refractivity contribution in [2.24, 2.45) is 0 Å². The van der Waals surface area contributed by atoms with Crippen LogP contribution in [0.5, 0.6) is 17.2 Å². The Kier molecular flexibility index (Phi) is 7.33. The summed E-state index contributed by atoms with van der Waals surface area (Å²) in [7, 11) is 4.47. The van der Waals surface area contributed by atoms with E-state index in [2.05, 4.69) is 10.6 Å². The molecule has 3 aromatic carbocycles. The Hall–Kier alpha value is -4.00. The average molecular weight is 434 g/mol. The van der Waals surface area contributed by atoms with Crippen molar-refractivity contribution in [2.75, 3.05) is 26.6 Å². The molecule has 1 unspecified atom stereocenters. The molecule has 0 radical (unpaired) electrons. The number of anilines is 1. The SMILES string of the molecule is COc1cc(C(=O)Nc2ccc(C(=O)NC(C)c3ccccc3)cc2)cc(OC)c1OC. The lowest BCUT2D eigenvalue weighted by molar-refractivity contribution is 0.0939. The van der Waals surface area contributed by atoms with Crippen LogP contribution in [0.2, 0.25) is 0 Å². The molecule has 0 aromatic heterocycles. The molecule has 3 aromatic rings. The van der Waals surface area contributed by atoms with E-state index in [9.17, 15) is 9.59 Å². The second-order valence-electron chi connectivity index (χ2n) is 7.05. The van der Waals surface area contributed by atoms with Gasteiger partial charge in [0.15, 0.2) is 11.5 Å². The fraction of sp³-hybridized carbons (Fsp3) is 0.200. The number of rotatable bonds is 8. The fourth-order valence-corrected chi connectivity index (χ4v) is 3.23. The molecule has 7 heteroatoms. The monoisotopic (exact) mass is 434 g/mol. The molecule has 0 saturated heterocycles. The number of carbonyl (C=O) groups excluding carboxylic acids is 2. The number of benzene rings is 3. The summed E-state index contributed by atoms with van der Waals surface area (Å²) < 4.78 is 15.9. The summed E-state index contributed by atoms with van der Waals surface area (Å²) in [4.78, 5) is 25.3. The van der Waals surface area contributed by atoms with E-state index < -0.39 is 0 Å². The first-order valence-corrected chi connectivity index (χ1v) is 10.0. The minimum atomic E-state index is -0.348. The van der Waals surface area contributed by atoms with Crippen LogP contribution in [0.15, 0.2) is 66.7 Å². The van der Waals surface area contributed by atoms with E-state index in [4.69, 9.17) is 14.2 Å². The van der Waals surface area contributed by atoms with Gasteiger partial charge in [-0.25, -0.2) is 0 Å². The molecular formula is C25H26N2O5. The normalized spacial score (nSPS) is 11.2. The number of hydrogen-bond donors (Lipinski definition) is 2. The maximum absolute atomic E-state index is 12.7. The molecule has 0 aliphatic heterocycles. The van der Waals surface area contributed by atoms with Gasteiger partial charge in [-0.05, 0) is 48.9 Å². The standard InChI is InChI=1S/C25H26N2O5/c1-16(17-8-6-5-7-9-17)26-24(28)18-10-12-20(13-11-18)27-25(29)19-14-21(30-2)23(32-4)22(15-19)31-3/h5-16H,1-4H3,(H,26,28)(H,27,29). The van der Waals surface area contributed by atoms with Crippen molar-refractivity contribution in [1.29, 1.82) is 0 Å². The molecule has 7 nitrogen and oxygen atoms in total. The minimum Gasteiger partial charge on any atom is -0.493 e. The van der Waals surface area contributed by atoms with E-state index in [0.717, 1.165) is 5.56 Å². The van der Waals surface area contributed by atoms with E-state index in [1.807, 2.05) is 37.3 Å². The van der Waals surface area contributed by atoms with Gasteiger partial charge in [-0.3, -0.25) is 9.59 Å². The third-order valence-electron chi connectivity index (χ3n) is 4.98. The zero-order chi connectivity index (χ0) is 23.1. The van der Waals surface area contributed by atoms with Crippen LogP contribution >= 0.6 is 0 Å². The number of ether oxygens (including phenoxy) is 3. The van der Waals surface area contributed by atoms with Crippen LogP contribution in [0, 0.1) is 0 Å². The van der Waals surface area contributed by atoms with E-state index in [0.29, 0.717) is 34.1 Å². The molecule has 2 N–H and O–H groups in total. The molecule has 32 heavy (non-hydrogen) atoms. The van der Waals surface area contributed by atoms with Crippen molar-refractivity contribution in [1.82, 2.24) is 5.32 Å². The first-order valence-electron chi connectivity index (χ1n) is 10.0. The largest absolute Gasteiger partial charge is 0.493 e. The van der Waals surface area contributed by atoms with Crippen molar-refractivity contribution in [3.8, 4) is 17.2 Å². The Morgan fingerprint density at radius 2 is 1.34 bits per heavy atom. The van der Waals surface area contributed by atoms with E-state index in [-0.39, 0.29) is 17.9 Å². The van der Waals surface area contributed by atoms with Crippen LogP contribution in [0.3, 0.4) is 0 Å². The number of carbonyl (C=O) groups is 2. The summed E-state index contributed by atoms with van der Waals surface area (Å²) >= 11 is 0. The molecule has 2 amide bonds. The van der Waals surface area contributed by atoms with Gasteiger partial charge in [-0.1, -0.05) is 30.3 Å². The molecule has 0 heterocycles. The molecular weight excluding hydrogens is 408 g/mol. The quantitative estimate of drug-likeness (QED) is 0.547. The maximum atomic E-state index is 12.7. The highest BCUT2D eigenvalue weighted by Gasteiger charge is 2.17. The topological polar surface area (TPSA) is 85.9 Å². The Morgan fingerprint density at radius 3 is 1.88 bits per heavy atom. The van der Waals surface area contributed by atoms with E-state index >= 15 is 0 Å². The predicted molar refractivity (Wildman–Crippen MR) is 123 cm³/mol. The Balaban J connectivity index is 1.69. The van der Waals surface area contributed by atoms with Crippen LogP contribution in [0.4, 0.5) is 5.69 Å². The van der Waals surface area contributed by atoms with Crippen LogP contribution in [-0.4, -0.2) is 33.1 Å². The van der Waals surface area contributed by atoms with E-state index in [1.165, 1.54) is 21.3 Å². The molecule has 1 atom stereocenters. The van der Waals surface area contributed by atoms with Crippen molar-refractivity contribution in [3.63, 3.8) is 0 Å². The number of hydrogen-bond acceptors (Lipinski definition) is 5. The van der Waals surface area contributed by atoms with Crippen LogP contribution in [-0.2, 0) is 0 Å². The zero-order valence-electron chi connectivity index (χ0n) is 18.5. The molecule has 0 fully saturated rings. The number of nitrogens with one attached hydrogen (secondary N) is 2. The molecule has 0 bridgehead atoms. The average Bonchev–Trinajstić information content (AvgIpc) is 2.83. The lowest BCUT2D eigenvalue weighted by Crippen LogP contribution is -2.26. The maximum Gasteiger partial charge on any atom is 0.255 e. The van der Waals surface area contributed by atoms with Gasteiger partial charge in [0.05, 0.1) is 27.4 Å². The van der Waals surface area contributed by atoms with Crippen molar-refractivity contribution in [3.05, 3.63) is 83.4 Å². The highest BCUT2D eigenvalue weighted by Crippen LogP contribution is 2.38. The Labute approximate surface area is 187 Å². The summed E-state index contributed by atoms with van der Waals surface area (Å²) in [5.41, 5.74) is 2.42. The molecule has 0 aliphatic carbocycles. The number of amides is 2. The van der Waals surface area contributed by atoms with Gasteiger partial charge in [0.2, 0.25) is 5.75 Å². The van der Waals surface area contributed by atoms with Crippen molar-refractivity contribution < 1.29 is 23.8 Å². The molecule has 0 spiro atoms. The van der Waals surface area contributed by atoms with Gasteiger partial charge in [-0.15, -0.1) is 0 Å². The van der Waals surface area contributed by atoms with Gasteiger partial charge in [0, 0.05) is 16.8 Å². The van der Waals surface area contributed by atoms with Crippen molar-refractivity contribution in [2.45, 2.75) is 13.0 Å². The van der Waals surface area contributed by atoms with Crippen LogP contribution in [0.1, 0.15) is 39.2 Å². The highest BCUT2D eigenvalue weighted by molar-refractivity contribution is 6.05. The van der Waals surface area contributed by atoms with Gasteiger partial charge in [-0.2, -0.15) is 0 Å². The predicted octanol–water partition coefficient (Wildman–Crippen LogP) is 4.46. The number of methoxy groups -OCH3 is 3. The summed E-state index contributed by atoms with van der Waals surface area (Å²) in [5, 5.41) is 5.78. The van der Waals surface area contributed by atoms with Crippen LogP contribution < -0.4 is 24.8 Å². The zero-order valence-corrected chi connectivity index (χ0v) is 18.5. The van der Waals surface area contributed by atoms with Crippen LogP contribution in [0.25, 0.3) is 0 Å². The van der Waals surface area contributed by atoms with Gasteiger partial charge >= 0.3 is 0 Å². The first-order chi connectivity index (χ1) is 15.5. The minimum absolute atomic E-state index is 0.122. The molecule has 0 saturated carbocycles. The summed E-state index contributed by atoms with van der Waals surface area (Å²) in [6.45, 7) is 1.93. The van der Waals surface area contributed by atoms with E-state index in [1.54, 1.807) is 36.4 Å². The lowest BCUT2D eigenvalue weighted by Gasteiger charge is -2.15. The Morgan fingerprint density at radius 1 is 0.750 bits per heavy atom. The molecule has 166 valence electrons. The first kappa shape index (κ1) is 22.7. The van der Waals surface area contributed by atoms with Gasteiger partial charge in [0.25, 0.3) is 11.8 Å².